The van der Waals surface area contributed by atoms with E-state index in [1.165, 1.54) is 37.1 Å². The van der Waals surface area contributed by atoms with Crippen molar-refractivity contribution in [3.8, 4) is 11.5 Å². The van der Waals surface area contributed by atoms with Crippen LogP contribution in [0, 0.1) is 6.92 Å². The Morgan fingerprint density at radius 2 is 1.29 bits per heavy atom. The average molecular weight is 861 g/mol. The Bertz CT molecular complexity index is 2650. The molecule has 0 saturated carbocycles. The minimum absolute atomic E-state index is 0. The summed E-state index contributed by atoms with van der Waals surface area (Å²) in [6.45, 7) is 1.40. The van der Waals surface area contributed by atoms with Gasteiger partial charge in [-0.2, -0.15) is 50.4 Å². The smallest absolute Gasteiger partial charge is 0.871 e. The van der Waals surface area contributed by atoms with Crippen LogP contribution in [-0.4, -0.2) is 60.9 Å². The van der Waals surface area contributed by atoms with Gasteiger partial charge in [-0.3, -0.25) is 13.7 Å². The Balaban J connectivity index is 0.00000605. The van der Waals surface area contributed by atoms with Crippen molar-refractivity contribution in [3.05, 3.63) is 70.7 Å². The third kappa shape index (κ3) is 8.78. The molecule has 5 rings (SSSR count). The molecule has 0 aliphatic rings. The molecule has 0 amide bonds. The Morgan fingerprint density at radius 1 is 0.692 bits per heavy atom. The summed E-state index contributed by atoms with van der Waals surface area (Å²) in [6.07, 6.45) is 0. The molecule has 0 atom stereocenters. The van der Waals surface area contributed by atoms with Crippen molar-refractivity contribution in [1.29, 1.82) is 0 Å². The van der Waals surface area contributed by atoms with Crippen LogP contribution in [0.1, 0.15) is 5.56 Å². The molecule has 0 saturated heterocycles. The van der Waals surface area contributed by atoms with E-state index in [-0.39, 0.29) is 55.6 Å². The number of rotatable bonds is 9. The molecule has 1 aromatic heterocycles. The zero-order valence-electron chi connectivity index (χ0n) is 25.7. The Hall–Kier alpha value is -4.42. The van der Waals surface area contributed by atoms with Gasteiger partial charge in [-0.05, 0) is 95.0 Å². The fraction of sp³-hybridized carbons (Fsp3) is 0.0741. The van der Waals surface area contributed by atoms with Crippen molar-refractivity contribution in [2.24, 2.45) is 20.5 Å². The van der Waals surface area contributed by atoms with Gasteiger partial charge < -0.3 is 15.1 Å². The molecule has 0 unspecified atom stereocenters. The van der Waals surface area contributed by atoms with E-state index in [4.69, 9.17) is 23.2 Å². The predicted molar refractivity (Wildman–Crippen MR) is 176 cm³/mol. The first-order valence-corrected chi connectivity index (χ1v) is 18.5. The van der Waals surface area contributed by atoms with E-state index >= 15 is 0 Å². The van der Waals surface area contributed by atoms with Gasteiger partial charge in [0.15, 0.2) is 0 Å². The van der Waals surface area contributed by atoms with E-state index in [1.807, 2.05) is 0 Å². The molecule has 5 aromatic rings. The second-order valence-corrected chi connectivity index (χ2v) is 15.1. The number of hydrogen-bond donors (Lipinski definition) is 3. The van der Waals surface area contributed by atoms with Crippen LogP contribution in [0.4, 0.5) is 34.4 Å². The van der Waals surface area contributed by atoms with Crippen LogP contribution in [0.15, 0.2) is 89.7 Å². The van der Waals surface area contributed by atoms with Gasteiger partial charge >= 0.3 is 17.1 Å². The number of hydrogen-bond acceptors (Lipinski definition) is 16. The topological polar surface area (TPSA) is 301 Å². The van der Waals surface area contributed by atoms with Gasteiger partial charge in [-0.1, -0.05) is 17.6 Å². The maximum atomic E-state index is 13.4. The molecule has 3 N–H and O–H groups in total. The van der Waals surface area contributed by atoms with Gasteiger partial charge in [0.25, 0.3) is 30.4 Å². The van der Waals surface area contributed by atoms with Crippen molar-refractivity contribution in [2.75, 3.05) is 11.9 Å². The van der Waals surface area contributed by atoms with Gasteiger partial charge in [0.2, 0.25) is 16.5 Å². The van der Waals surface area contributed by atoms with Gasteiger partial charge in [0.1, 0.15) is 15.5 Å². The number of halogens is 2. The Kier molecular flexibility index (Phi) is 11.6. The monoisotopic (exact) mass is 859 g/mol. The van der Waals surface area contributed by atoms with E-state index in [0.29, 0.717) is 23.9 Å². The van der Waals surface area contributed by atoms with Crippen LogP contribution < -0.4 is 15.1 Å². The van der Waals surface area contributed by atoms with Gasteiger partial charge in [-0.25, -0.2) is 0 Å². The fourth-order valence-corrected chi connectivity index (χ4v) is 6.53. The van der Waals surface area contributed by atoms with Gasteiger partial charge in [0, 0.05) is 12.7 Å². The van der Waals surface area contributed by atoms with E-state index in [0.717, 1.165) is 18.2 Å². The number of fused-ring (bicyclic) bond motifs is 1. The van der Waals surface area contributed by atoms with E-state index < -0.39 is 73.6 Å². The van der Waals surface area contributed by atoms with Crippen molar-refractivity contribution in [1.82, 2.24) is 15.0 Å². The number of anilines is 2. The van der Waals surface area contributed by atoms with Crippen LogP contribution in [-0.2, 0) is 47.4 Å². The molecule has 52 heavy (non-hydrogen) atoms. The molecule has 1 radical (unpaired) electrons. The van der Waals surface area contributed by atoms with Crippen molar-refractivity contribution >= 4 is 98.7 Å². The summed E-state index contributed by atoms with van der Waals surface area (Å²) in [4.78, 5) is 10.5. The van der Waals surface area contributed by atoms with Crippen LogP contribution in [0.25, 0.3) is 10.8 Å². The normalized spacial score (nSPS) is 12.4. The van der Waals surface area contributed by atoms with E-state index in [2.05, 4.69) is 35.4 Å². The third-order valence-corrected chi connectivity index (χ3v) is 9.81. The zero-order chi connectivity index (χ0) is 37.6. The van der Waals surface area contributed by atoms with Crippen LogP contribution in [0.3, 0.4) is 0 Å². The Morgan fingerprint density at radius 3 is 1.88 bits per heavy atom. The summed E-state index contributed by atoms with van der Waals surface area (Å²) in [7, 11) is -13.3. The van der Waals surface area contributed by atoms with Crippen molar-refractivity contribution in [2.45, 2.75) is 21.6 Å². The molecule has 1 heterocycles. The summed E-state index contributed by atoms with van der Waals surface area (Å²) in [5, 5.41) is 40.7. The standard InChI is InChI=1S/C27H20Cl2N8O11S3.Cu/c1-12-7-18(20(38)11-17(12)33-35-19-10-15(49(40,41)42)4-6-21(19)50(43,44)45)34-36-23-22(51(46,47)48)9-13-8-14(3-5-16(13)24(23)39)37(2)27-31-25(28)30-26(29)32-27;/h3-11,38-39H,1-2H3,(H,40,41,42)(H,43,44,45)(H,46,47,48);/q;+2/p-2. The SMILES string of the molecule is Cc1cc(N=Nc2c(S(=O)(=O)O)cc3cc(N(C)c4nc(Cl)nc(Cl)n4)ccc3c2[O-])c([O-])cc1N=Nc1cc(S(=O)(=O)O)ccc1S(=O)(=O)O.[Cu+2]. The molecular weight excluding hydrogens is 843 g/mol. The van der Waals surface area contributed by atoms with E-state index in [9.17, 15) is 49.1 Å². The predicted octanol–water partition coefficient (Wildman–Crippen LogP) is 5.12. The van der Waals surface area contributed by atoms with E-state index in [1.54, 1.807) is 0 Å². The van der Waals surface area contributed by atoms with Crippen LogP contribution in [0.5, 0.6) is 11.5 Å². The first-order chi connectivity index (χ1) is 23.6. The Labute approximate surface area is 314 Å². The number of nitrogens with zero attached hydrogens (tertiary/aromatic N) is 8. The maximum absolute atomic E-state index is 13.4. The molecule has 25 heteroatoms. The second kappa shape index (κ2) is 14.9. The second-order valence-electron chi connectivity index (χ2n) is 10.3. The first-order valence-electron chi connectivity index (χ1n) is 13.4. The molecular formula is C27H18Cl2CuN8O11S3. The van der Waals surface area contributed by atoms with Crippen molar-refractivity contribution < 1.29 is 66.2 Å². The van der Waals surface area contributed by atoms with Gasteiger partial charge in [0.05, 0.1) is 22.0 Å². The van der Waals surface area contributed by atoms with Crippen molar-refractivity contribution in [3.63, 3.8) is 0 Å². The summed E-state index contributed by atoms with van der Waals surface area (Å²) in [5.74, 6) is -1.85. The summed E-state index contributed by atoms with van der Waals surface area (Å²) in [5.41, 5.74) is -1.63. The van der Waals surface area contributed by atoms with Gasteiger partial charge in [-0.15, -0.1) is 10.2 Å². The number of aryl methyl sites for hydroxylation is 1. The summed E-state index contributed by atoms with van der Waals surface area (Å²) >= 11 is 11.7. The molecule has 0 aliphatic heterocycles. The molecule has 0 fully saturated rings. The number of azo groups is 2. The average Bonchev–Trinajstić information content (AvgIpc) is 3.02. The molecule has 0 spiro atoms. The summed E-state index contributed by atoms with van der Waals surface area (Å²) < 4.78 is 100. The quantitative estimate of drug-likeness (QED) is 0.0984. The fourth-order valence-electron chi connectivity index (χ4n) is 4.42. The molecule has 4 aromatic carbocycles. The van der Waals surface area contributed by atoms with Crippen LogP contribution in [0.2, 0.25) is 10.6 Å². The van der Waals surface area contributed by atoms with Crippen LogP contribution >= 0.6 is 23.2 Å². The largest absolute Gasteiger partial charge is 2.00 e. The molecule has 0 aliphatic carbocycles. The number of aromatic nitrogens is 3. The number of benzene rings is 4. The third-order valence-electron chi connectivity index (χ3n) is 6.86. The minimum Gasteiger partial charge on any atom is -0.871 e. The molecule has 19 nitrogen and oxygen atoms in total. The maximum Gasteiger partial charge on any atom is 2.00 e. The molecule has 0 bridgehead atoms. The first kappa shape index (κ1) is 40.4. The zero-order valence-corrected chi connectivity index (χ0v) is 30.6. The minimum atomic E-state index is -5.09. The summed E-state index contributed by atoms with van der Waals surface area (Å²) in [6, 6.07) is 9.13. The molecule has 275 valence electrons.